The maximum Gasteiger partial charge on any atom is 0.262 e. The summed E-state index contributed by atoms with van der Waals surface area (Å²) < 4.78 is 35.4. The van der Waals surface area contributed by atoms with E-state index in [-0.39, 0.29) is 16.0 Å². The van der Waals surface area contributed by atoms with Crippen LogP contribution in [0.5, 0.6) is 0 Å². The highest BCUT2D eigenvalue weighted by Crippen LogP contribution is 2.17. The molecule has 1 aromatic rings. The minimum Gasteiger partial charge on any atom is -0.345 e. The van der Waals surface area contributed by atoms with Gasteiger partial charge in [-0.15, -0.1) is 0 Å². The summed E-state index contributed by atoms with van der Waals surface area (Å²) in [5, 5.41) is 8.52. The highest BCUT2D eigenvalue weighted by molar-refractivity contribution is 7.89. The fraction of sp³-hybridized carbons (Fsp3) is 0.300. The Bertz CT molecular complexity index is 557. The number of nitrogens with one attached hydrogen (secondary N) is 1. The maximum atomic E-state index is 12.6. The normalized spacial score (nSPS) is 11.3. The van der Waals surface area contributed by atoms with E-state index < -0.39 is 22.6 Å². The molecule has 18 heavy (non-hydrogen) atoms. The number of hydrogen-bond acceptors (Lipinski definition) is 4. The van der Waals surface area contributed by atoms with Crippen LogP contribution in [-0.4, -0.2) is 38.5 Å². The Balaban J connectivity index is 3.40. The maximum absolute atomic E-state index is 12.6. The number of amides is 1. The van der Waals surface area contributed by atoms with Crippen molar-refractivity contribution >= 4 is 15.9 Å². The lowest BCUT2D eigenvalue weighted by molar-refractivity contribution is 0.0827. The fourth-order valence-corrected chi connectivity index (χ4v) is 2.02. The van der Waals surface area contributed by atoms with Crippen LogP contribution in [0, 0.1) is 0 Å². The highest BCUT2D eigenvalue weighted by atomic mass is 32.2. The average Bonchev–Trinajstić information content (AvgIpc) is 2.36. The van der Waals surface area contributed by atoms with Crippen LogP contribution in [0.4, 0.5) is 4.39 Å². The lowest BCUT2D eigenvalue weighted by Crippen LogP contribution is -2.24. The van der Waals surface area contributed by atoms with Gasteiger partial charge in [-0.1, -0.05) is 4.89 Å². The molecule has 0 aliphatic carbocycles. The van der Waals surface area contributed by atoms with Crippen LogP contribution < -0.4 is 4.89 Å². The minimum absolute atomic E-state index is 0.0315. The monoisotopic (exact) mass is 276 g/mol. The van der Waals surface area contributed by atoms with E-state index in [4.69, 9.17) is 5.21 Å². The van der Waals surface area contributed by atoms with E-state index in [0.29, 0.717) is 0 Å². The molecule has 0 unspecified atom stereocenters. The summed E-state index contributed by atoms with van der Waals surface area (Å²) in [6.07, 6.45) is 0. The first-order valence-electron chi connectivity index (χ1n) is 4.89. The molecular formula is C10H13FN2O4S. The Labute approximate surface area is 104 Å². The number of nitrogens with zero attached hydrogens (tertiary/aromatic N) is 1. The summed E-state index contributed by atoms with van der Waals surface area (Å²) in [5.74, 6) is -0.459. The van der Waals surface area contributed by atoms with Gasteiger partial charge in [0.25, 0.3) is 15.9 Å². The van der Waals surface area contributed by atoms with Crippen LogP contribution in [0.25, 0.3) is 0 Å². The molecule has 0 radical (unpaired) electrons. The minimum atomic E-state index is -4.14. The van der Waals surface area contributed by atoms with Crippen molar-refractivity contribution in [3.05, 3.63) is 29.3 Å². The molecule has 0 spiro atoms. The van der Waals surface area contributed by atoms with Crippen molar-refractivity contribution in [1.82, 2.24) is 9.79 Å². The number of rotatable bonds is 4. The standard InChI is InChI=1S/C10H13FN2O4S/c1-13(2)10(14)8-3-7(6-11)4-9(5-8)18(16,17)12-15/h3-5,12,15H,6H2,1-2H3. The Morgan fingerprint density at radius 1 is 1.39 bits per heavy atom. The van der Waals surface area contributed by atoms with Crippen LogP contribution in [0.1, 0.15) is 15.9 Å². The van der Waals surface area contributed by atoms with Crippen molar-refractivity contribution in [2.75, 3.05) is 14.1 Å². The number of benzene rings is 1. The summed E-state index contributed by atoms with van der Waals surface area (Å²) in [4.78, 5) is 13.7. The average molecular weight is 276 g/mol. The zero-order chi connectivity index (χ0) is 13.9. The van der Waals surface area contributed by atoms with Gasteiger partial charge in [-0.2, -0.15) is 0 Å². The number of halogens is 1. The molecular weight excluding hydrogens is 263 g/mol. The Kier molecular flexibility index (Phi) is 4.38. The van der Waals surface area contributed by atoms with Gasteiger partial charge in [-0.3, -0.25) is 4.79 Å². The van der Waals surface area contributed by atoms with Crippen molar-refractivity contribution in [3.8, 4) is 0 Å². The number of hydrogen-bond donors (Lipinski definition) is 2. The van der Waals surface area contributed by atoms with Gasteiger partial charge in [-0.05, 0) is 23.8 Å². The van der Waals surface area contributed by atoms with Crippen molar-refractivity contribution in [2.45, 2.75) is 11.6 Å². The Morgan fingerprint density at radius 2 is 2.00 bits per heavy atom. The third-order valence-corrected chi connectivity index (χ3v) is 3.30. The molecule has 0 aliphatic rings. The molecule has 1 aromatic carbocycles. The van der Waals surface area contributed by atoms with Gasteiger partial charge < -0.3 is 10.1 Å². The van der Waals surface area contributed by atoms with Gasteiger partial charge in [-0.25, -0.2) is 12.8 Å². The molecule has 0 saturated heterocycles. The zero-order valence-electron chi connectivity index (χ0n) is 9.84. The zero-order valence-corrected chi connectivity index (χ0v) is 10.7. The molecule has 0 saturated carbocycles. The molecule has 2 N–H and O–H groups in total. The predicted octanol–water partition coefficient (Wildman–Crippen LogP) is 0.525. The van der Waals surface area contributed by atoms with E-state index in [9.17, 15) is 17.6 Å². The van der Waals surface area contributed by atoms with E-state index >= 15 is 0 Å². The van der Waals surface area contributed by atoms with Crippen LogP contribution in [-0.2, 0) is 16.7 Å². The van der Waals surface area contributed by atoms with Crippen LogP contribution in [0.2, 0.25) is 0 Å². The van der Waals surface area contributed by atoms with E-state index in [0.717, 1.165) is 17.0 Å². The molecule has 0 aliphatic heterocycles. The van der Waals surface area contributed by atoms with E-state index in [1.807, 2.05) is 0 Å². The lowest BCUT2D eigenvalue weighted by atomic mass is 10.1. The molecule has 1 amide bonds. The Hall–Kier alpha value is -1.51. The van der Waals surface area contributed by atoms with Crippen molar-refractivity contribution < 1.29 is 22.8 Å². The van der Waals surface area contributed by atoms with Gasteiger partial charge in [0, 0.05) is 19.7 Å². The van der Waals surface area contributed by atoms with Crippen molar-refractivity contribution in [2.24, 2.45) is 0 Å². The van der Waals surface area contributed by atoms with Gasteiger partial charge >= 0.3 is 0 Å². The molecule has 0 atom stereocenters. The van der Waals surface area contributed by atoms with Gasteiger partial charge in [0.2, 0.25) is 0 Å². The molecule has 8 heteroatoms. The summed E-state index contributed by atoms with van der Waals surface area (Å²) >= 11 is 0. The summed E-state index contributed by atoms with van der Waals surface area (Å²) in [5.41, 5.74) is 0.0699. The molecule has 100 valence electrons. The first kappa shape index (κ1) is 14.6. The Morgan fingerprint density at radius 3 is 2.44 bits per heavy atom. The first-order valence-corrected chi connectivity index (χ1v) is 6.37. The second-order valence-corrected chi connectivity index (χ2v) is 5.45. The summed E-state index contributed by atoms with van der Waals surface area (Å²) in [6.45, 7) is -0.914. The third-order valence-electron chi connectivity index (χ3n) is 2.20. The smallest absolute Gasteiger partial charge is 0.262 e. The van der Waals surface area contributed by atoms with Crippen molar-refractivity contribution in [1.29, 1.82) is 0 Å². The summed E-state index contributed by atoms with van der Waals surface area (Å²) in [7, 11) is -1.17. The lowest BCUT2D eigenvalue weighted by Gasteiger charge is -2.12. The molecule has 0 heterocycles. The van der Waals surface area contributed by atoms with E-state index in [1.165, 1.54) is 25.1 Å². The second kappa shape index (κ2) is 5.42. The third kappa shape index (κ3) is 3.03. The quantitative estimate of drug-likeness (QED) is 0.785. The molecule has 6 nitrogen and oxygen atoms in total. The van der Waals surface area contributed by atoms with Gasteiger partial charge in [0.15, 0.2) is 0 Å². The molecule has 1 rings (SSSR count). The van der Waals surface area contributed by atoms with Crippen LogP contribution >= 0.6 is 0 Å². The molecule has 0 aromatic heterocycles. The molecule has 0 bridgehead atoms. The SMILES string of the molecule is CN(C)C(=O)c1cc(CF)cc(S(=O)(=O)NO)c1. The largest absolute Gasteiger partial charge is 0.345 e. The first-order chi connectivity index (χ1) is 8.31. The number of carbonyl (C=O) groups is 1. The molecule has 0 fully saturated rings. The van der Waals surface area contributed by atoms with E-state index in [2.05, 4.69) is 0 Å². The van der Waals surface area contributed by atoms with Gasteiger partial charge in [0.05, 0.1) is 4.90 Å². The number of alkyl halides is 1. The summed E-state index contributed by atoms with van der Waals surface area (Å²) in [6, 6.07) is 3.38. The number of carbonyl (C=O) groups excluding carboxylic acids is 1. The van der Waals surface area contributed by atoms with E-state index in [1.54, 1.807) is 0 Å². The van der Waals surface area contributed by atoms with Crippen molar-refractivity contribution in [3.63, 3.8) is 0 Å². The van der Waals surface area contributed by atoms with Crippen LogP contribution in [0.15, 0.2) is 23.1 Å². The van der Waals surface area contributed by atoms with Gasteiger partial charge in [0.1, 0.15) is 6.67 Å². The topological polar surface area (TPSA) is 86.7 Å². The predicted molar refractivity (Wildman–Crippen MR) is 61.4 cm³/mol. The van der Waals surface area contributed by atoms with Crippen LogP contribution in [0.3, 0.4) is 0 Å². The number of sulfonamides is 1. The fourth-order valence-electron chi connectivity index (χ4n) is 1.33. The highest BCUT2D eigenvalue weighted by Gasteiger charge is 2.18. The second-order valence-electron chi connectivity index (χ2n) is 3.79.